The minimum atomic E-state index is -0.146. The molecule has 0 radical (unpaired) electrons. The molecular weight excluding hydrogens is 1900 g/mol. The van der Waals surface area contributed by atoms with Crippen LogP contribution in [0.2, 0.25) is 0 Å². The molecule has 0 aliphatic carbocycles. The molecule has 30 nitrogen and oxygen atoms in total. The molecule has 26 atom stereocenters. The van der Waals surface area contributed by atoms with E-state index in [0.717, 1.165) is 67.5 Å². The van der Waals surface area contributed by atoms with Crippen LogP contribution in [0.3, 0.4) is 0 Å². The molecule has 0 aliphatic heterocycles. The average Bonchev–Trinajstić information content (AvgIpc) is 0.847. The topological polar surface area (TPSA) is 277 Å². The van der Waals surface area contributed by atoms with Gasteiger partial charge in [-0.1, -0.05) is 97.1 Å². The van der Waals surface area contributed by atoms with Crippen molar-refractivity contribution in [2.45, 2.75) is 352 Å². The zero-order valence-corrected chi connectivity index (χ0v) is 94.9. The Morgan fingerprint density at radius 2 is 0.223 bits per heavy atom. The molecule has 842 valence electrons. The SMILES string of the molecule is COC(C)COC(C)COC(C)COC(C)COC(C)COC(C)COC(C)COC(C)COC(C)COC(C)COC(C)COC(C)COC(C)COc1ccc(-c2ccc(OCc3ccc(-c4ccc(COc5ccc(-c6ccc(OCC(C)OCC(C)OCC(C)OCC(C)OCC(C)OCC(C)OCC(C)OCC(C)OCC(C)OCC(C)OCC(C)OCC(C)OCC(C)OC)cc6)cc5)cc4)cc3)cc2)cc1. The maximum absolute atomic E-state index is 6.23. The molecule has 0 heterocycles. The van der Waals surface area contributed by atoms with Crippen LogP contribution in [0.15, 0.2) is 146 Å². The first-order valence-corrected chi connectivity index (χ1v) is 53.9. The van der Waals surface area contributed by atoms with E-state index in [1.165, 1.54) is 0 Å². The number of benzene rings is 6. The van der Waals surface area contributed by atoms with Gasteiger partial charge in [0.15, 0.2) is 0 Å². The third kappa shape index (κ3) is 61.0. The number of rotatable bonds is 89. The third-order valence-corrected chi connectivity index (χ3v) is 23.7. The van der Waals surface area contributed by atoms with Crippen molar-refractivity contribution in [2.24, 2.45) is 0 Å². The second-order valence-corrected chi connectivity index (χ2v) is 40.2. The van der Waals surface area contributed by atoms with Crippen LogP contribution in [0.4, 0.5) is 0 Å². The van der Waals surface area contributed by atoms with Crippen molar-refractivity contribution in [3.05, 3.63) is 157 Å². The zero-order valence-electron chi connectivity index (χ0n) is 94.9. The standard InChI is InChI=1S/C118H190O30/c1-81(119-27)53-121-83(3)55-123-85(5)57-125-87(7)59-127-89(9)61-129-91(11)63-131-93(13)65-133-95(15)67-135-97(17)69-137-99(19)71-139-101(21)73-141-103(23)75-143-105(25)77-145-115-45-37-111(38-46-115)113-41-49-117(50-42-113)147-79-107-29-33-109(34-30-107)110-35-31-108(32-36-110)80-148-118-51-43-114(44-52-118)112-39-47-116(48-40-112)146-78-106(26)144-76-104(24)142-74-102(22)140-72-100(20)138-70-98(18)136-68-96(16)134-66-94(14)132-64-92(12)130-62-90(10)128-60-88(8)126-58-86(6)124-56-84(4)122-54-82(2)120-28/h29-52,81-106H,53-80H2,1-28H3. The van der Waals surface area contributed by atoms with E-state index in [9.17, 15) is 0 Å². The second-order valence-electron chi connectivity index (χ2n) is 40.2. The van der Waals surface area contributed by atoms with Crippen LogP contribution in [0.5, 0.6) is 23.0 Å². The van der Waals surface area contributed by atoms with Gasteiger partial charge < -0.3 is 142 Å². The molecule has 6 rings (SSSR count). The summed E-state index contributed by atoms with van der Waals surface area (Å²) in [5.74, 6) is 3.13. The van der Waals surface area contributed by atoms with Crippen LogP contribution in [-0.4, -0.2) is 345 Å². The Morgan fingerprint density at radius 3 is 0.345 bits per heavy atom. The van der Waals surface area contributed by atoms with Gasteiger partial charge in [-0.3, -0.25) is 0 Å². The van der Waals surface area contributed by atoms with Crippen molar-refractivity contribution in [1.82, 2.24) is 0 Å². The number of methoxy groups -OCH3 is 2. The van der Waals surface area contributed by atoms with Crippen LogP contribution in [0.1, 0.15) is 191 Å². The zero-order chi connectivity index (χ0) is 108. The molecule has 30 heteroatoms. The monoisotopic (exact) mass is 2090 g/mol. The molecule has 0 spiro atoms. The van der Waals surface area contributed by atoms with E-state index in [1.807, 2.05) is 229 Å². The molecule has 0 saturated carbocycles. The summed E-state index contributed by atoms with van der Waals surface area (Å²) >= 11 is 0. The van der Waals surface area contributed by atoms with E-state index < -0.39 is 0 Å². The predicted octanol–water partition coefficient (Wildman–Crippen LogP) is 20.4. The molecular formula is C118H190O30. The normalized spacial score (nSPS) is 17.4. The predicted molar refractivity (Wildman–Crippen MR) is 578 cm³/mol. The Balaban J connectivity index is 0.719. The number of hydrogen-bond acceptors (Lipinski definition) is 30. The molecule has 0 amide bonds. The summed E-state index contributed by atoms with van der Waals surface area (Å²) in [6.07, 6.45) is -2.49. The smallest absolute Gasteiger partial charge is 0.119 e. The minimum Gasteiger partial charge on any atom is -0.491 e. The van der Waals surface area contributed by atoms with Crippen molar-refractivity contribution < 1.29 is 142 Å². The summed E-state index contributed by atoms with van der Waals surface area (Å²) in [5, 5.41) is 0. The first-order chi connectivity index (χ1) is 70.9. The molecule has 0 aromatic heterocycles. The lowest BCUT2D eigenvalue weighted by Crippen LogP contribution is -2.31. The van der Waals surface area contributed by atoms with Crippen LogP contribution in [-0.2, 0) is 136 Å². The van der Waals surface area contributed by atoms with Gasteiger partial charge in [0, 0.05) is 14.2 Å². The minimum absolute atomic E-state index is 0.0281. The number of hydrogen-bond donors (Lipinski definition) is 0. The largest absolute Gasteiger partial charge is 0.491 e. The summed E-state index contributed by atoms with van der Waals surface area (Å²) in [7, 11) is 3.35. The number of ether oxygens (including phenoxy) is 30. The Bertz CT molecular complexity index is 3940. The lowest BCUT2D eigenvalue weighted by Gasteiger charge is -2.23. The molecule has 0 N–H and O–H groups in total. The maximum atomic E-state index is 6.23. The molecule has 0 aliphatic rings. The molecule has 0 fully saturated rings. The lowest BCUT2D eigenvalue weighted by molar-refractivity contribution is -0.114. The summed E-state index contributed by atoms with van der Waals surface area (Å²) in [6.45, 7) is 64.2. The van der Waals surface area contributed by atoms with Gasteiger partial charge in [0.1, 0.15) is 49.4 Å². The fourth-order valence-corrected chi connectivity index (χ4v) is 13.8. The highest BCUT2D eigenvalue weighted by Gasteiger charge is 2.24. The van der Waals surface area contributed by atoms with E-state index in [4.69, 9.17) is 142 Å². The average molecular weight is 2090 g/mol. The van der Waals surface area contributed by atoms with Gasteiger partial charge >= 0.3 is 0 Å². The van der Waals surface area contributed by atoms with Gasteiger partial charge in [0.2, 0.25) is 0 Å². The molecule has 148 heavy (non-hydrogen) atoms. The highest BCUT2D eigenvalue weighted by atomic mass is 16.6. The van der Waals surface area contributed by atoms with E-state index in [0.29, 0.717) is 185 Å². The Morgan fingerprint density at radius 1 is 0.122 bits per heavy atom. The molecule has 6 aromatic rings. The summed E-state index contributed by atoms with van der Waals surface area (Å²) in [5.41, 5.74) is 8.71. The van der Waals surface area contributed by atoms with Crippen molar-refractivity contribution in [3.63, 3.8) is 0 Å². The van der Waals surface area contributed by atoms with Gasteiger partial charge in [-0.05, 0) is 273 Å². The van der Waals surface area contributed by atoms with Gasteiger partial charge in [0.25, 0.3) is 0 Å². The molecule has 0 bridgehead atoms. The van der Waals surface area contributed by atoms with E-state index >= 15 is 0 Å². The summed E-state index contributed by atoms with van der Waals surface area (Å²) in [6, 6.07) is 49.5. The maximum Gasteiger partial charge on any atom is 0.119 e. The van der Waals surface area contributed by atoms with E-state index in [2.05, 4.69) is 97.1 Å². The fourth-order valence-electron chi connectivity index (χ4n) is 13.8. The van der Waals surface area contributed by atoms with E-state index in [1.54, 1.807) is 14.2 Å². The quantitative estimate of drug-likeness (QED) is 0.0343. The van der Waals surface area contributed by atoms with Crippen LogP contribution in [0, 0.1) is 0 Å². The van der Waals surface area contributed by atoms with Crippen molar-refractivity contribution >= 4 is 0 Å². The van der Waals surface area contributed by atoms with Crippen LogP contribution < -0.4 is 18.9 Å². The van der Waals surface area contributed by atoms with E-state index in [-0.39, 0.29) is 159 Å². The first kappa shape index (κ1) is 130. The van der Waals surface area contributed by atoms with Crippen molar-refractivity contribution in [3.8, 4) is 56.4 Å². The highest BCUT2D eigenvalue weighted by molar-refractivity contribution is 5.67. The van der Waals surface area contributed by atoms with Crippen molar-refractivity contribution in [2.75, 3.05) is 186 Å². The third-order valence-electron chi connectivity index (χ3n) is 23.7. The summed E-state index contributed by atoms with van der Waals surface area (Å²) in [4.78, 5) is 0. The van der Waals surface area contributed by atoms with Crippen molar-refractivity contribution in [1.29, 1.82) is 0 Å². The Kier molecular flexibility index (Phi) is 66.9. The first-order valence-electron chi connectivity index (χ1n) is 53.9. The molecule has 26 unspecified atom stereocenters. The van der Waals surface area contributed by atoms with Gasteiger partial charge in [0.05, 0.1) is 317 Å². The lowest BCUT2D eigenvalue weighted by atomic mass is 10.0. The Labute approximate surface area is 888 Å². The Hall–Kier alpha value is -6.52. The fraction of sp³-hybridized carbons (Fsp3) is 0.695. The molecule has 0 saturated heterocycles. The van der Waals surface area contributed by atoms with Crippen LogP contribution in [0.25, 0.3) is 33.4 Å². The van der Waals surface area contributed by atoms with Gasteiger partial charge in [-0.2, -0.15) is 0 Å². The molecule has 6 aromatic carbocycles. The second kappa shape index (κ2) is 76.1. The summed E-state index contributed by atoms with van der Waals surface area (Å²) < 4.78 is 179. The highest BCUT2D eigenvalue weighted by Crippen LogP contribution is 2.30. The van der Waals surface area contributed by atoms with Gasteiger partial charge in [-0.25, -0.2) is 0 Å². The van der Waals surface area contributed by atoms with Crippen LogP contribution >= 0.6 is 0 Å². The van der Waals surface area contributed by atoms with Gasteiger partial charge in [-0.15, -0.1) is 0 Å².